The van der Waals surface area contributed by atoms with Gasteiger partial charge in [-0.25, -0.2) is 4.98 Å². The molecule has 1 unspecified atom stereocenters. The molecule has 0 saturated carbocycles. The number of nitrogens with zero attached hydrogens (tertiary/aromatic N) is 3. The van der Waals surface area contributed by atoms with Gasteiger partial charge in [-0.1, -0.05) is 11.8 Å². The van der Waals surface area contributed by atoms with Gasteiger partial charge >= 0.3 is 0 Å². The summed E-state index contributed by atoms with van der Waals surface area (Å²) in [4.78, 5) is 4.14. The third-order valence-electron chi connectivity index (χ3n) is 1.87. The summed E-state index contributed by atoms with van der Waals surface area (Å²) in [5.74, 6) is 1.41. The molecular formula is C8H13N5S. The number of hydrogen-bond acceptors (Lipinski definition) is 5. The van der Waals surface area contributed by atoms with Crippen LogP contribution in [0.25, 0.3) is 0 Å². The maximum Gasteiger partial charge on any atom is 0.208 e. The third-order valence-corrected chi connectivity index (χ3v) is 3.03. The Morgan fingerprint density at radius 2 is 2.43 bits per heavy atom. The maximum atomic E-state index is 8.89. The number of thioether (sulfide) groups is 1. The fourth-order valence-electron chi connectivity index (χ4n) is 0.756. The number of nitrogens with one attached hydrogen (secondary N) is 2. The van der Waals surface area contributed by atoms with Crippen molar-refractivity contribution < 1.29 is 0 Å². The molecule has 0 radical (unpaired) electrons. The van der Waals surface area contributed by atoms with E-state index in [1.165, 1.54) is 11.8 Å². The molecule has 0 amide bonds. The molecule has 1 aromatic rings. The van der Waals surface area contributed by atoms with E-state index in [0.29, 0.717) is 10.9 Å². The minimum absolute atomic E-state index is 0.529. The van der Waals surface area contributed by atoms with Crippen molar-refractivity contribution in [2.45, 2.75) is 24.5 Å². The first-order chi connectivity index (χ1) is 6.59. The Hall–Kier alpha value is -1.06. The fourth-order valence-corrected chi connectivity index (χ4v) is 1.69. The molecular weight excluding hydrogens is 198 g/mol. The first kappa shape index (κ1) is 11.0. The van der Waals surface area contributed by atoms with Crippen LogP contribution in [0, 0.1) is 18.3 Å². The molecule has 1 heterocycles. The van der Waals surface area contributed by atoms with Crippen LogP contribution in [-0.2, 0) is 0 Å². The Balaban J connectivity index is 2.52. The quantitative estimate of drug-likeness (QED) is 0.717. The summed E-state index contributed by atoms with van der Waals surface area (Å²) < 4.78 is 0. The summed E-state index contributed by atoms with van der Waals surface area (Å²) in [5.41, 5.74) is -0.529. The second kappa shape index (κ2) is 4.44. The van der Waals surface area contributed by atoms with Gasteiger partial charge in [-0.15, -0.1) is 5.10 Å². The lowest BCUT2D eigenvalue weighted by Crippen LogP contribution is -2.40. The number of aromatic nitrogens is 3. The van der Waals surface area contributed by atoms with E-state index in [-0.39, 0.29) is 0 Å². The highest BCUT2D eigenvalue weighted by atomic mass is 32.2. The lowest BCUT2D eigenvalue weighted by atomic mass is 10.1. The zero-order valence-electron chi connectivity index (χ0n) is 8.46. The number of aromatic amines is 1. The molecule has 6 heteroatoms. The third kappa shape index (κ3) is 2.72. The van der Waals surface area contributed by atoms with Crippen molar-refractivity contribution in [1.29, 1.82) is 5.26 Å². The highest BCUT2D eigenvalue weighted by Gasteiger charge is 2.22. The largest absolute Gasteiger partial charge is 0.302 e. The highest BCUT2D eigenvalue weighted by molar-refractivity contribution is 7.99. The van der Waals surface area contributed by atoms with Crippen LogP contribution in [0.15, 0.2) is 5.16 Å². The summed E-state index contributed by atoms with van der Waals surface area (Å²) in [6, 6.07) is 2.21. The smallest absolute Gasteiger partial charge is 0.208 e. The maximum absolute atomic E-state index is 8.89. The summed E-state index contributed by atoms with van der Waals surface area (Å²) in [6.45, 7) is 3.69. The van der Waals surface area contributed by atoms with Crippen molar-refractivity contribution in [3.63, 3.8) is 0 Å². The van der Waals surface area contributed by atoms with Crippen LogP contribution in [0.4, 0.5) is 0 Å². The predicted octanol–water partition coefficient (Wildman–Crippen LogP) is 0.707. The summed E-state index contributed by atoms with van der Waals surface area (Å²) in [7, 11) is 1.77. The highest BCUT2D eigenvalue weighted by Crippen LogP contribution is 2.18. The number of nitriles is 1. The van der Waals surface area contributed by atoms with Gasteiger partial charge in [0.25, 0.3) is 0 Å². The number of hydrogen-bond donors (Lipinski definition) is 2. The minimum atomic E-state index is -0.529. The SMILES string of the molecule is CNC(C)(C#N)CSc1n[nH]c(C)n1. The first-order valence-electron chi connectivity index (χ1n) is 4.21. The van der Waals surface area contributed by atoms with Crippen molar-refractivity contribution in [3.05, 3.63) is 5.82 Å². The molecule has 0 saturated heterocycles. The molecule has 1 aromatic heterocycles. The molecule has 0 fully saturated rings. The Morgan fingerprint density at radius 1 is 1.71 bits per heavy atom. The van der Waals surface area contributed by atoms with Gasteiger partial charge in [-0.05, 0) is 20.9 Å². The van der Waals surface area contributed by atoms with E-state index in [4.69, 9.17) is 5.26 Å². The molecule has 0 aromatic carbocycles. The predicted molar refractivity (Wildman–Crippen MR) is 54.9 cm³/mol. The molecule has 1 atom stereocenters. The molecule has 0 aliphatic heterocycles. The van der Waals surface area contributed by atoms with Crippen molar-refractivity contribution in [3.8, 4) is 6.07 Å². The summed E-state index contributed by atoms with van der Waals surface area (Å²) in [5, 5.41) is 19.3. The van der Waals surface area contributed by atoms with Gasteiger partial charge in [0.05, 0.1) is 6.07 Å². The molecule has 14 heavy (non-hydrogen) atoms. The van der Waals surface area contributed by atoms with Crippen molar-refractivity contribution in [2.75, 3.05) is 12.8 Å². The number of H-pyrrole nitrogens is 1. The average molecular weight is 211 g/mol. The Kier molecular flexibility index (Phi) is 3.49. The van der Waals surface area contributed by atoms with Gasteiger partial charge in [0.2, 0.25) is 5.16 Å². The van der Waals surface area contributed by atoms with Gasteiger partial charge < -0.3 is 5.32 Å². The van der Waals surface area contributed by atoms with E-state index >= 15 is 0 Å². The molecule has 0 aliphatic carbocycles. The monoisotopic (exact) mass is 211 g/mol. The Labute approximate surface area is 87.3 Å². The van der Waals surface area contributed by atoms with Crippen LogP contribution in [0.3, 0.4) is 0 Å². The van der Waals surface area contributed by atoms with Crippen molar-refractivity contribution >= 4 is 11.8 Å². The van der Waals surface area contributed by atoms with Crippen molar-refractivity contribution in [1.82, 2.24) is 20.5 Å². The standard InChI is InChI=1S/C8H13N5S/c1-6-11-7(13-12-6)14-5-8(2,4-9)10-3/h10H,5H2,1-3H3,(H,11,12,13). The van der Waals surface area contributed by atoms with E-state index < -0.39 is 5.54 Å². The first-order valence-corrected chi connectivity index (χ1v) is 5.20. The van der Waals surface area contributed by atoms with E-state index in [1.807, 2.05) is 13.8 Å². The van der Waals surface area contributed by atoms with E-state index in [9.17, 15) is 0 Å². The molecule has 1 rings (SSSR count). The molecule has 0 aliphatic rings. The molecule has 5 nitrogen and oxygen atoms in total. The molecule has 76 valence electrons. The van der Waals surface area contributed by atoms with Crippen molar-refractivity contribution in [2.24, 2.45) is 0 Å². The van der Waals surface area contributed by atoms with Gasteiger partial charge in [-0.2, -0.15) is 5.26 Å². The van der Waals surface area contributed by atoms with Gasteiger partial charge in [0.15, 0.2) is 0 Å². The molecule has 2 N–H and O–H groups in total. The second-order valence-electron chi connectivity index (χ2n) is 3.19. The van der Waals surface area contributed by atoms with Crippen LogP contribution in [-0.4, -0.2) is 33.5 Å². The van der Waals surface area contributed by atoms with Gasteiger partial charge in [0, 0.05) is 5.75 Å². The zero-order valence-corrected chi connectivity index (χ0v) is 9.27. The molecule has 0 spiro atoms. The minimum Gasteiger partial charge on any atom is -0.302 e. The van der Waals surface area contributed by atoms with Crippen LogP contribution >= 0.6 is 11.8 Å². The number of aryl methyl sites for hydroxylation is 1. The Morgan fingerprint density at radius 3 is 2.86 bits per heavy atom. The van der Waals surface area contributed by atoms with Crippen LogP contribution < -0.4 is 5.32 Å². The normalized spacial score (nSPS) is 14.7. The zero-order chi connectivity index (χ0) is 10.6. The van der Waals surface area contributed by atoms with Crippen LogP contribution in [0.1, 0.15) is 12.7 Å². The molecule has 0 bridgehead atoms. The van der Waals surface area contributed by atoms with Gasteiger partial charge in [-0.3, -0.25) is 5.10 Å². The average Bonchev–Trinajstić information content (AvgIpc) is 2.61. The van der Waals surface area contributed by atoms with Crippen LogP contribution in [0.5, 0.6) is 0 Å². The van der Waals surface area contributed by atoms with E-state index in [2.05, 4.69) is 26.6 Å². The summed E-state index contributed by atoms with van der Waals surface area (Å²) >= 11 is 1.46. The topological polar surface area (TPSA) is 77.4 Å². The number of rotatable bonds is 4. The fraction of sp³-hybridized carbons (Fsp3) is 0.625. The lowest BCUT2D eigenvalue weighted by Gasteiger charge is -2.18. The van der Waals surface area contributed by atoms with E-state index in [1.54, 1.807) is 7.05 Å². The van der Waals surface area contributed by atoms with Gasteiger partial charge in [0.1, 0.15) is 11.4 Å². The second-order valence-corrected chi connectivity index (χ2v) is 4.13. The lowest BCUT2D eigenvalue weighted by molar-refractivity contribution is 0.550. The van der Waals surface area contributed by atoms with Crippen LogP contribution in [0.2, 0.25) is 0 Å². The van der Waals surface area contributed by atoms with E-state index in [0.717, 1.165) is 5.82 Å². The summed E-state index contributed by atoms with van der Waals surface area (Å²) in [6.07, 6.45) is 0. The Bertz CT molecular complexity index is 342.